The van der Waals surface area contributed by atoms with E-state index in [0.717, 1.165) is 19.0 Å². The van der Waals surface area contributed by atoms with Gasteiger partial charge in [-0.25, -0.2) is 0 Å². The lowest BCUT2D eigenvalue weighted by Gasteiger charge is -2.24. The van der Waals surface area contributed by atoms with Crippen molar-refractivity contribution in [2.24, 2.45) is 0 Å². The van der Waals surface area contributed by atoms with Crippen molar-refractivity contribution in [1.29, 1.82) is 0 Å². The largest absolute Gasteiger partial charge is 0.393 e. The van der Waals surface area contributed by atoms with Crippen LogP contribution in [0.5, 0.6) is 0 Å². The topological polar surface area (TPSA) is 23.5 Å². The van der Waals surface area contributed by atoms with Crippen LogP contribution in [-0.2, 0) is 0 Å². The first-order chi connectivity index (χ1) is 5.70. The molecule has 1 aliphatic carbocycles. The molecule has 1 aliphatic rings. The standard InChI is InChI=1S/C10H21NO/c1-9(12)7-8-11(2)10-5-3-4-6-10/h9-10,12H,3-8H2,1-2H3. The molecule has 1 saturated carbocycles. The van der Waals surface area contributed by atoms with Crippen LogP contribution in [0.1, 0.15) is 39.0 Å². The Bertz CT molecular complexity index is 119. The average Bonchev–Trinajstić information content (AvgIpc) is 2.51. The Kier molecular flexibility index (Phi) is 4.02. The second-order valence-corrected chi connectivity index (χ2v) is 4.06. The Hall–Kier alpha value is -0.0800. The van der Waals surface area contributed by atoms with Crippen LogP contribution in [0.4, 0.5) is 0 Å². The molecule has 0 bridgehead atoms. The molecular weight excluding hydrogens is 150 g/mol. The molecule has 12 heavy (non-hydrogen) atoms. The minimum absolute atomic E-state index is 0.145. The molecule has 0 aliphatic heterocycles. The van der Waals surface area contributed by atoms with Crippen molar-refractivity contribution < 1.29 is 5.11 Å². The zero-order chi connectivity index (χ0) is 8.97. The summed E-state index contributed by atoms with van der Waals surface area (Å²) < 4.78 is 0. The normalized spacial score (nSPS) is 22.0. The third-order valence-corrected chi connectivity index (χ3v) is 2.85. The van der Waals surface area contributed by atoms with Gasteiger partial charge in [0, 0.05) is 12.6 Å². The third-order valence-electron chi connectivity index (χ3n) is 2.85. The van der Waals surface area contributed by atoms with Crippen LogP contribution in [0.15, 0.2) is 0 Å². The van der Waals surface area contributed by atoms with Gasteiger partial charge in [0.2, 0.25) is 0 Å². The van der Waals surface area contributed by atoms with Gasteiger partial charge in [-0.15, -0.1) is 0 Å². The van der Waals surface area contributed by atoms with Crippen molar-refractivity contribution in [3.05, 3.63) is 0 Å². The van der Waals surface area contributed by atoms with E-state index in [1.165, 1.54) is 25.7 Å². The molecule has 2 nitrogen and oxygen atoms in total. The highest BCUT2D eigenvalue weighted by Crippen LogP contribution is 2.22. The SMILES string of the molecule is CC(O)CCN(C)C1CCCC1. The van der Waals surface area contributed by atoms with Crippen LogP contribution >= 0.6 is 0 Å². The molecule has 0 radical (unpaired) electrons. The van der Waals surface area contributed by atoms with Gasteiger partial charge in [-0.1, -0.05) is 12.8 Å². The summed E-state index contributed by atoms with van der Waals surface area (Å²) in [4.78, 5) is 2.40. The minimum Gasteiger partial charge on any atom is -0.393 e. The highest BCUT2D eigenvalue weighted by atomic mass is 16.3. The molecule has 2 heteroatoms. The zero-order valence-corrected chi connectivity index (χ0v) is 8.29. The van der Waals surface area contributed by atoms with E-state index >= 15 is 0 Å². The van der Waals surface area contributed by atoms with Gasteiger partial charge in [-0.3, -0.25) is 0 Å². The fraction of sp³-hybridized carbons (Fsp3) is 1.00. The molecule has 72 valence electrons. The second-order valence-electron chi connectivity index (χ2n) is 4.06. The summed E-state index contributed by atoms with van der Waals surface area (Å²) in [6.45, 7) is 2.91. The Labute approximate surface area is 75.6 Å². The van der Waals surface area contributed by atoms with E-state index < -0.39 is 0 Å². The maximum atomic E-state index is 9.12. The van der Waals surface area contributed by atoms with Gasteiger partial charge in [0.25, 0.3) is 0 Å². The van der Waals surface area contributed by atoms with Gasteiger partial charge in [-0.05, 0) is 33.2 Å². The molecule has 0 saturated heterocycles. The van der Waals surface area contributed by atoms with Crippen molar-refractivity contribution in [2.75, 3.05) is 13.6 Å². The lowest BCUT2D eigenvalue weighted by atomic mass is 10.2. The third kappa shape index (κ3) is 3.11. The minimum atomic E-state index is -0.145. The van der Waals surface area contributed by atoms with Crippen LogP contribution in [0.2, 0.25) is 0 Å². The molecule has 0 heterocycles. The lowest BCUT2D eigenvalue weighted by molar-refractivity contribution is 0.150. The Balaban J connectivity index is 2.13. The molecule has 0 aromatic carbocycles. The summed E-state index contributed by atoms with van der Waals surface area (Å²) in [5.74, 6) is 0. The zero-order valence-electron chi connectivity index (χ0n) is 8.29. The molecule has 1 atom stereocenters. The van der Waals surface area contributed by atoms with Crippen molar-refractivity contribution in [2.45, 2.75) is 51.2 Å². The van der Waals surface area contributed by atoms with Crippen molar-refractivity contribution in [3.8, 4) is 0 Å². The van der Waals surface area contributed by atoms with Crippen molar-refractivity contribution >= 4 is 0 Å². The van der Waals surface area contributed by atoms with Gasteiger partial charge in [0.05, 0.1) is 6.10 Å². The van der Waals surface area contributed by atoms with Gasteiger partial charge in [-0.2, -0.15) is 0 Å². The molecule has 0 aromatic rings. The molecule has 0 spiro atoms. The van der Waals surface area contributed by atoms with Crippen LogP contribution in [-0.4, -0.2) is 35.7 Å². The Morgan fingerprint density at radius 1 is 1.42 bits per heavy atom. The molecule has 1 rings (SSSR count). The highest BCUT2D eigenvalue weighted by molar-refractivity contribution is 4.75. The number of aliphatic hydroxyl groups excluding tert-OH is 1. The van der Waals surface area contributed by atoms with Crippen LogP contribution in [0, 0.1) is 0 Å². The number of hydrogen-bond donors (Lipinski definition) is 1. The monoisotopic (exact) mass is 171 g/mol. The Morgan fingerprint density at radius 3 is 2.50 bits per heavy atom. The van der Waals surface area contributed by atoms with Crippen LogP contribution < -0.4 is 0 Å². The number of rotatable bonds is 4. The van der Waals surface area contributed by atoms with Gasteiger partial charge >= 0.3 is 0 Å². The summed E-state index contributed by atoms with van der Waals surface area (Å²) in [6, 6.07) is 0.795. The smallest absolute Gasteiger partial charge is 0.0524 e. The fourth-order valence-corrected chi connectivity index (χ4v) is 1.92. The van der Waals surface area contributed by atoms with E-state index in [4.69, 9.17) is 5.11 Å². The molecular formula is C10H21NO. The quantitative estimate of drug-likeness (QED) is 0.695. The van der Waals surface area contributed by atoms with E-state index in [1.807, 2.05) is 6.92 Å². The predicted octanol–water partition coefficient (Wildman–Crippen LogP) is 1.63. The predicted molar refractivity (Wildman–Crippen MR) is 51.2 cm³/mol. The van der Waals surface area contributed by atoms with Gasteiger partial charge in [0.1, 0.15) is 0 Å². The van der Waals surface area contributed by atoms with Gasteiger partial charge < -0.3 is 10.0 Å². The first kappa shape index (κ1) is 10.0. The van der Waals surface area contributed by atoms with E-state index in [1.54, 1.807) is 0 Å². The number of aliphatic hydroxyl groups is 1. The maximum absolute atomic E-state index is 9.12. The van der Waals surface area contributed by atoms with Crippen molar-refractivity contribution in [3.63, 3.8) is 0 Å². The van der Waals surface area contributed by atoms with E-state index in [2.05, 4.69) is 11.9 Å². The molecule has 1 unspecified atom stereocenters. The Morgan fingerprint density at radius 2 is 2.00 bits per heavy atom. The second kappa shape index (κ2) is 4.83. The summed E-state index contributed by atoms with van der Waals surface area (Å²) in [5, 5.41) is 9.12. The summed E-state index contributed by atoms with van der Waals surface area (Å²) >= 11 is 0. The summed E-state index contributed by atoms with van der Waals surface area (Å²) in [6.07, 6.45) is 6.27. The van der Waals surface area contributed by atoms with E-state index in [0.29, 0.717) is 0 Å². The molecule has 0 amide bonds. The van der Waals surface area contributed by atoms with Gasteiger partial charge in [0.15, 0.2) is 0 Å². The average molecular weight is 171 g/mol. The first-order valence-electron chi connectivity index (χ1n) is 5.08. The molecule has 0 aromatic heterocycles. The number of nitrogens with zero attached hydrogens (tertiary/aromatic N) is 1. The van der Waals surface area contributed by atoms with E-state index in [-0.39, 0.29) is 6.10 Å². The molecule has 1 N–H and O–H groups in total. The summed E-state index contributed by atoms with van der Waals surface area (Å²) in [7, 11) is 2.18. The van der Waals surface area contributed by atoms with Crippen molar-refractivity contribution in [1.82, 2.24) is 4.90 Å². The highest BCUT2D eigenvalue weighted by Gasteiger charge is 2.18. The summed E-state index contributed by atoms with van der Waals surface area (Å²) in [5.41, 5.74) is 0. The van der Waals surface area contributed by atoms with Crippen LogP contribution in [0.3, 0.4) is 0 Å². The number of hydrogen-bond acceptors (Lipinski definition) is 2. The lowest BCUT2D eigenvalue weighted by Crippen LogP contribution is -2.31. The first-order valence-corrected chi connectivity index (χ1v) is 5.08. The maximum Gasteiger partial charge on any atom is 0.0524 e. The van der Waals surface area contributed by atoms with Crippen LogP contribution in [0.25, 0.3) is 0 Å². The van der Waals surface area contributed by atoms with E-state index in [9.17, 15) is 0 Å². The molecule has 1 fully saturated rings. The fourth-order valence-electron chi connectivity index (χ4n) is 1.92.